The maximum atomic E-state index is 13.4. The Hall–Kier alpha value is -1.71. The number of nitrogens with one attached hydrogen (secondary N) is 1. The Morgan fingerprint density at radius 1 is 1.10 bits per heavy atom. The van der Waals surface area contributed by atoms with Gasteiger partial charge in [0.25, 0.3) is 5.91 Å². The van der Waals surface area contributed by atoms with Crippen molar-refractivity contribution in [1.29, 1.82) is 0 Å². The zero-order valence-corrected chi connectivity index (χ0v) is 25.2. The van der Waals surface area contributed by atoms with Gasteiger partial charge in [-0.1, -0.05) is 82.2 Å². The molecule has 0 spiro atoms. The van der Waals surface area contributed by atoms with Crippen molar-refractivity contribution in [3.05, 3.63) is 59.2 Å². The molecule has 210 valence electrons. The van der Waals surface area contributed by atoms with Crippen molar-refractivity contribution in [3.63, 3.8) is 0 Å². The number of nitrogens with two attached hydrogens (primary N) is 1. The van der Waals surface area contributed by atoms with Gasteiger partial charge in [-0.25, -0.2) is 4.79 Å². The molecule has 0 aromatic heterocycles. The minimum absolute atomic E-state index is 0. The number of hydrogen-bond acceptors (Lipinski definition) is 4. The van der Waals surface area contributed by atoms with Gasteiger partial charge in [0.15, 0.2) is 0 Å². The molecule has 0 bridgehead atoms. The van der Waals surface area contributed by atoms with Crippen LogP contribution in [-0.4, -0.2) is 35.0 Å². The Labute approximate surface area is 253 Å². The molecule has 1 aliphatic carbocycles. The molecule has 0 heterocycles. The van der Waals surface area contributed by atoms with Gasteiger partial charge in [-0.2, -0.15) is 11.8 Å². The monoisotopic (exact) mass is 546 g/mol. The molecule has 3 unspecified atom stereocenters. The third-order valence-electron chi connectivity index (χ3n) is 8.12. The molecule has 3 rings (SSSR count). The van der Waals surface area contributed by atoms with Gasteiger partial charge in [0.05, 0.1) is 0 Å². The first-order valence-electron chi connectivity index (χ1n) is 14.3. The molecule has 0 radical (unpaired) electrons. The third kappa shape index (κ3) is 9.71. The van der Waals surface area contributed by atoms with Crippen molar-refractivity contribution in [1.82, 2.24) is 5.32 Å². The van der Waals surface area contributed by atoms with Crippen LogP contribution in [-0.2, 0) is 4.79 Å². The van der Waals surface area contributed by atoms with Crippen molar-refractivity contribution in [3.8, 4) is 11.1 Å². The van der Waals surface area contributed by atoms with Crippen molar-refractivity contribution in [2.24, 2.45) is 17.6 Å². The van der Waals surface area contributed by atoms with Crippen LogP contribution in [0.1, 0.15) is 100 Å². The maximum Gasteiger partial charge on any atom is 1.00 e. The zero-order chi connectivity index (χ0) is 27.5. The van der Waals surface area contributed by atoms with E-state index in [-0.39, 0.29) is 32.2 Å². The largest absolute Gasteiger partial charge is 1.00 e. The van der Waals surface area contributed by atoms with E-state index >= 15 is 0 Å². The smallest absolute Gasteiger partial charge is 1.00 e. The third-order valence-corrected chi connectivity index (χ3v) is 8.76. The predicted molar refractivity (Wildman–Crippen MR) is 161 cm³/mol. The number of benzene rings is 2. The van der Waals surface area contributed by atoms with E-state index in [1.54, 1.807) is 11.8 Å². The number of carbonyl (C=O) groups excluding carboxylic acids is 1. The molecule has 7 heteroatoms. The quantitative estimate of drug-likeness (QED) is 0.304. The Balaban J connectivity index is 0.00000400. The first-order chi connectivity index (χ1) is 18.3. The minimum atomic E-state index is -1.01. The number of aryl methyl sites for hydroxylation is 1. The summed E-state index contributed by atoms with van der Waals surface area (Å²) in [6, 6.07) is 12.9. The van der Waals surface area contributed by atoms with Crippen LogP contribution in [0.25, 0.3) is 11.1 Å². The van der Waals surface area contributed by atoms with Crippen LogP contribution in [0.3, 0.4) is 0 Å². The molecular weight excluding hydrogens is 499 g/mol. The summed E-state index contributed by atoms with van der Waals surface area (Å²) >= 11 is 1.57. The summed E-state index contributed by atoms with van der Waals surface area (Å²) in [5.41, 5.74) is 11.4. The molecule has 0 aliphatic heterocycles. The molecule has 1 saturated carbocycles. The summed E-state index contributed by atoms with van der Waals surface area (Å²) < 4.78 is 0. The first kappa shape index (κ1) is 33.5. The van der Waals surface area contributed by atoms with Gasteiger partial charge in [-0.05, 0) is 84.4 Å². The molecule has 1 aliphatic rings. The number of hydrogen-bond donors (Lipinski definition) is 3. The maximum absolute atomic E-state index is 13.4. The van der Waals surface area contributed by atoms with E-state index in [4.69, 9.17) is 5.73 Å². The second-order valence-electron chi connectivity index (χ2n) is 10.9. The molecule has 39 heavy (non-hydrogen) atoms. The zero-order valence-electron chi connectivity index (χ0n) is 25.4. The Kier molecular flexibility index (Phi) is 14.8. The van der Waals surface area contributed by atoms with Crippen molar-refractivity contribution in [2.75, 3.05) is 12.0 Å². The number of rotatable bonds is 14. The fraction of sp³-hybridized carbons (Fsp3) is 0.562. The second kappa shape index (κ2) is 17.2. The SMILES string of the molecule is CCCCC(CC1CCCCC1)C(N)c1ccc(C(=O)NC(CCSC)C(=O)O)c(-c2ccccc2C)c1.[H-].[Li+]. The number of amides is 1. The average molecular weight is 547 g/mol. The summed E-state index contributed by atoms with van der Waals surface area (Å²) in [4.78, 5) is 25.2. The molecule has 3 atom stereocenters. The van der Waals surface area contributed by atoms with E-state index in [1.165, 1.54) is 44.9 Å². The molecular formula is C32H47LiN2O3S. The second-order valence-corrected chi connectivity index (χ2v) is 11.9. The summed E-state index contributed by atoms with van der Waals surface area (Å²) in [7, 11) is 0. The summed E-state index contributed by atoms with van der Waals surface area (Å²) in [6.07, 6.45) is 13.5. The average Bonchev–Trinajstić information content (AvgIpc) is 2.93. The van der Waals surface area contributed by atoms with Gasteiger partial charge in [0, 0.05) is 11.6 Å². The van der Waals surface area contributed by atoms with E-state index in [2.05, 4.69) is 18.3 Å². The van der Waals surface area contributed by atoms with Crippen LogP contribution in [0, 0.1) is 18.8 Å². The molecule has 1 amide bonds. The van der Waals surface area contributed by atoms with Crippen LogP contribution in [0.15, 0.2) is 42.5 Å². The number of aliphatic carboxylic acids is 1. The number of carbonyl (C=O) groups is 2. The fourth-order valence-corrected chi connectivity index (χ4v) is 6.30. The summed E-state index contributed by atoms with van der Waals surface area (Å²) in [6.45, 7) is 4.27. The van der Waals surface area contributed by atoms with Gasteiger partial charge >= 0.3 is 24.8 Å². The van der Waals surface area contributed by atoms with Crippen molar-refractivity contribution in [2.45, 2.75) is 90.1 Å². The van der Waals surface area contributed by atoms with Crippen LogP contribution in [0.4, 0.5) is 0 Å². The van der Waals surface area contributed by atoms with Gasteiger partial charge in [0.2, 0.25) is 0 Å². The molecule has 2 aromatic rings. The van der Waals surface area contributed by atoms with Gasteiger partial charge in [0.1, 0.15) is 6.04 Å². The van der Waals surface area contributed by atoms with E-state index in [0.717, 1.165) is 41.0 Å². The van der Waals surface area contributed by atoms with Crippen LogP contribution < -0.4 is 29.9 Å². The van der Waals surface area contributed by atoms with E-state index in [1.807, 2.05) is 49.6 Å². The Morgan fingerprint density at radius 2 is 1.82 bits per heavy atom. The van der Waals surface area contributed by atoms with Crippen LogP contribution in [0.5, 0.6) is 0 Å². The Morgan fingerprint density at radius 3 is 2.46 bits per heavy atom. The van der Waals surface area contributed by atoms with Gasteiger partial charge in [-0.3, -0.25) is 4.79 Å². The van der Waals surface area contributed by atoms with E-state index < -0.39 is 12.0 Å². The number of thioether (sulfide) groups is 1. The predicted octanol–water partition coefficient (Wildman–Crippen LogP) is 4.49. The van der Waals surface area contributed by atoms with Crippen LogP contribution in [0.2, 0.25) is 0 Å². The standard InChI is InChI=1S/C32H46N2O3S.Li.H/c1-4-5-14-24(20-23-12-7-6-8-13-23)30(33)25-16-17-27(28(21-25)26-15-10-9-11-22(26)2)31(35)34-29(32(36)37)18-19-38-3;;/h9-11,15-17,21,23-24,29-30H,4-8,12-14,18-20,33H2,1-3H3,(H,34,35)(H,36,37);;/q;+1;-1. The summed E-state index contributed by atoms with van der Waals surface area (Å²) in [5, 5.41) is 12.4. The summed E-state index contributed by atoms with van der Waals surface area (Å²) in [5.74, 6) is 0.458. The molecule has 2 aromatic carbocycles. The molecule has 4 N–H and O–H groups in total. The number of carboxylic acids is 1. The van der Waals surface area contributed by atoms with Gasteiger partial charge in [-0.15, -0.1) is 0 Å². The number of unbranched alkanes of at least 4 members (excludes halogenated alkanes) is 1. The van der Waals surface area contributed by atoms with Crippen LogP contribution >= 0.6 is 11.8 Å². The van der Waals surface area contributed by atoms with Crippen molar-refractivity contribution >= 4 is 23.6 Å². The normalized spacial score (nSPS) is 16.1. The van der Waals surface area contributed by atoms with Gasteiger partial charge < -0.3 is 17.6 Å². The molecule has 5 nitrogen and oxygen atoms in total. The molecule has 1 fully saturated rings. The minimum Gasteiger partial charge on any atom is -1.00 e. The van der Waals surface area contributed by atoms with E-state index in [9.17, 15) is 14.7 Å². The Bertz CT molecular complexity index is 1060. The molecule has 0 saturated heterocycles. The fourth-order valence-electron chi connectivity index (χ4n) is 5.83. The topological polar surface area (TPSA) is 92.4 Å². The number of carboxylic acid groups (broad SMARTS) is 1. The van der Waals surface area contributed by atoms with Crippen molar-refractivity contribution < 1.29 is 35.0 Å². The first-order valence-corrected chi connectivity index (χ1v) is 15.7. The van der Waals surface area contributed by atoms with E-state index in [0.29, 0.717) is 23.7 Å².